The third kappa shape index (κ3) is 5.89. The van der Waals surface area contributed by atoms with Crippen LogP contribution in [0.25, 0.3) is 0 Å². The number of benzene rings is 2. The van der Waals surface area contributed by atoms with Gasteiger partial charge in [0.25, 0.3) is 5.91 Å². The molecule has 3 aromatic rings. The summed E-state index contributed by atoms with van der Waals surface area (Å²) in [5, 5.41) is 3.66. The summed E-state index contributed by atoms with van der Waals surface area (Å²) in [6.07, 6.45) is 5.64. The van der Waals surface area contributed by atoms with Crippen LogP contribution in [0.4, 0.5) is 10.7 Å². The number of aryl methyl sites for hydroxylation is 1. The van der Waals surface area contributed by atoms with Crippen molar-refractivity contribution in [2.75, 3.05) is 25.6 Å². The number of para-hydroxylation sites is 2. The maximum Gasteiger partial charge on any atom is 0.344 e. The number of methoxy groups -OCH3 is 1. The van der Waals surface area contributed by atoms with Crippen LogP contribution in [0.5, 0.6) is 11.5 Å². The van der Waals surface area contributed by atoms with E-state index >= 15 is 0 Å². The van der Waals surface area contributed by atoms with E-state index in [0.717, 1.165) is 36.9 Å². The van der Waals surface area contributed by atoms with E-state index in [9.17, 15) is 9.59 Å². The molecule has 182 valence electrons. The molecule has 0 aliphatic heterocycles. The summed E-state index contributed by atoms with van der Waals surface area (Å²) in [6, 6.07) is 14.8. The first-order chi connectivity index (χ1) is 17.1. The molecular formula is C27H28N2O5S. The van der Waals surface area contributed by atoms with Crippen LogP contribution in [-0.2, 0) is 22.4 Å². The van der Waals surface area contributed by atoms with Crippen molar-refractivity contribution in [2.24, 2.45) is 4.99 Å². The maximum absolute atomic E-state index is 13.3. The molecule has 0 atom stereocenters. The predicted octanol–water partition coefficient (Wildman–Crippen LogP) is 5.58. The Kier molecular flexibility index (Phi) is 8.15. The van der Waals surface area contributed by atoms with Crippen molar-refractivity contribution in [3.8, 4) is 11.5 Å². The molecule has 7 nitrogen and oxygen atoms in total. The van der Waals surface area contributed by atoms with Crippen molar-refractivity contribution < 1.29 is 23.8 Å². The molecule has 0 bridgehead atoms. The lowest BCUT2D eigenvalue weighted by molar-refractivity contribution is -0.145. The Morgan fingerprint density at radius 3 is 2.66 bits per heavy atom. The van der Waals surface area contributed by atoms with E-state index in [0.29, 0.717) is 27.6 Å². The van der Waals surface area contributed by atoms with Gasteiger partial charge < -0.3 is 19.5 Å². The zero-order chi connectivity index (χ0) is 24.6. The van der Waals surface area contributed by atoms with E-state index in [2.05, 4.69) is 5.32 Å². The second-order valence-electron chi connectivity index (χ2n) is 7.94. The molecule has 2 aromatic carbocycles. The monoisotopic (exact) mass is 492 g/mol. The molecule has 0 radical (unpaired) electrons. The van der Waals surface area contributed by atoms with E-state index in [1.54, 1.807) is 30.5 Å². The lowest BCUT2D eigenvalue weighted by Gasteiger charge is -2.13. The lowest BCUT2D eigenvalue weighted by Crippen LogP contribution is -2.15. The zero-order valence-electron chi connectivity index (χ0n) is 19.8. The number of hydrogen-bond donors (Lipinski definition) is 1. The molecule has 0 saturated heterocycles. The van der Waals surface area contributed by atoms with Crippen molar-refractivity contribution in [2.45, 2.75) is 32.6 Å². The number of anilines is 1. The smallest absolute Gasteiger partial charge is 0.344 e. The standard InChI is InChI=1S/C27H28N2O5S/c1-3-33-23(30)17-34-25-18(10-9-14-21(25)32-2)16-28-27-24(20-13-7-8-15-22(20)35-27)26(31)29-19-11-5-4-6-12-19/h4-6,9-12,14,16H,3,7-8,13,15,17H2,1-2H3,(H,29,31). The largest absolute Gasteiger partial charge is 0.493 e. The third-order valence-electron chi connectivity index (χ3n) is 5.60. The number of fused-ring (bicyclic) bond motifs is 1. The minimum atomic E-state index is -0.466. The highest BCUT2D eigenvalue weighted by atomic mass is 32.1. The summed E-state index contributed by atoms with van der Waals surface area (Å²) < 4.78 is 16.1. The van der Waals surface area contributed by atoms with Gasteiger partial charge in [-0.15, -0.1) is 11.3 Å². The number of amides is 1. The number of ether oxygens (including phenoxy) is 3. The second-order valence-corrected chi connectivity index (χ2v) is 9.03. The maximum atomic E-state index is 13.3. The Morgan fingerprint density at radius 2 is 1.89 bits per heavy atom. The number of carbonyl (C=O) groups is 2. The van der Waals surface area contributed by atoms with Gasteiger partial charge in [0.1, 0.15) is 5.00 Å². The van der Waals surface area contributed by atoms with Crippen molar-refractivity contribution >= 4 is 40.1 Å². The molecule has 4 rings (SSSR count). The molecule has 0 unspecified atom stereocenters. The van der Waals surface area contributed by atoms with Crippen LogP contribution in [0.2, 0.25) is 0 Å². The summed E-state index contributed by atoms with van der Waals surface area (Å²) in [7, 11) is 1.53. The molecule has 1 amide bonds. The van der Waals surface area contributed by atoms with Gasteiger partial charge in [0.15, 0.2) is 18.1 Å². The van der Waals surface area contributed by atoms with Crippen LogP contribution < -0.4 is 14.8 Å². The van der Waals surface area contributed by atoms with Gasteiger partial charge in [0.2, 0.25) is 0 Å². The van der Waals surface area contributed by atoms with Gasteiger partial charge in [-0.05, 0) is 62.4 Å². The van der Waals surface area contributed by atoms with Crippen molar-refractivity contribution in [1.82, 2.24) is 0 Å². The van der Waals surface area contributed by atoms with Crippen molar-refractivity contribution in [1.29, 1.82) is 0 Å². The second kappa shape index (κ2) is 11.7. The molecule has 1 heterocycles. The molecule has 1 aliphatic rings. The minimum Gasteiger partial charge on any atom is -0.493 e. The van der Waals surface area contributed by atoms with Gasteiger partial charge in [-0.3, -0.25) is 4.79 Å². The van der Waals surface area contributed by atoms with Gasteiger partial charge in [-0.2, -0.15) is 0 Å². The fourth-order valence-corrected chi connectivity index (χ4v) is 5.23. The van der Waals surface area contributed by atoms with E-state index in [1.165, 1.54) is 12.0 Å². The van der Waals surface area contributed by atoms with Crippen LogP contribution in [0.3, 0.4) is 0 Å². The summed E-state index contributed by atoms with van der Waals surface area (Å²) in [4.78, 5) is 31.1. The van der Waals surface area contributed by atoms with Crippen LogP contribution in [0, 0.1) is 0 Å². The predicted molar refractivity (Wildman–Crippen MR) is 138 cm³/mol. The van der Waals surface area contributed by atoms with Gasteiger partial charge in [0, 0.05) is 22.3 Å². The molecule has 0 fully saturated rings. The Morgan fingerprint density at radius 1 is 1.09 bits per heavy atom. The van der Waals surface area contributed by atoms with Crippen molar-refractivity contribution in [3.05, 3.63) is 70.1 Å². The Bertz CT molecular complexity index is 1220. The topological polar surface area (TPSA) is 86.2 Å². The normalized spacial score (nSPS) is 12.7. The third-order valence-corrected chi connectivity index (χ3v) is 6.80. The number of nitrogens with one attached hydrogen (secondary N) is 1. The van der Waals surface area contributed by atoms with E-state index in [1.807, 2.05) is 42.5 Å². The fourth-order valence-electron chi connectivity index (χ4n) is 4.00. The Balaban J connectivity index is 1.65. The number of nitrogens with zero attached hydrogens (tertiary/aromatic N) is 1. The van der Waals surface area contributed by atoms with E-state index < -0.39 is 5.97 Å². The van der Waals surface area contributed by atoms with Crippen LogP contribution in [-0.4, -0.2) is 38.4 Å². The van der Waals surface area contributed by atoms with Crippen LogP contribution in [0.1, 0.15) is 46.1 Å². The van der Waals surface area contributed by atoms with E-state index in [4.69, 9.17) is 19.2 Å². The SMILES string of the molecule is CCOC(=O)COc1c(C=Nc2sc3c(c2C(=O)Nc2ccccc2)CCCC3)cccc1OC. The summed E-state index contributed by atoms with van der Waals surface area (Å²) in [5.74, 6) is 0.244. The van der Waals surface area contributed by atoms with Crippen LogP contribution in [0.15, 0.2) is 53.5 Å². The number of thiophene rings is 1. The quantitative estimate of drug-likeness (QED) is 0.311. The molecule has 0 saturated carbocycles. The number of rotatable bonds is 9. The summed E-state index contributed by atoms with van der Waals surface area (Å²) in [6.45, 7) is 1.78. The average molecular weight is 493 g/mol. The lowest BCUT2D eigenvalue weighted by atomic mass is 9.95. The Hall–Kier alpha value is -3.65. The first-order valence-electron chi connectivity index (χ1n) is 11.6. The van der Waals surface area contributed by atoms with Gasteiger partial charge >= 0.3 is 5.97 Å². The first kappa shape index (κ1) is 24.5. The van der Waals surface area contributed by atoms with Gasteiger partial charge in [-0.1, -0.05) is 24.3 Å². The highest BCUT2D eigenvalue weighted by Crippen LogP contribution is 2.40. The number of carbonyl (C=O) groups excluding carboxylic acids is 2. The molecule has 8 heteroatoms. The molecule has 1 aromatic heterocycles. The highest BCUT2D eigenvalue weighted by molar-refractivity contribution is 7.16. The molecule has 0 spiro atoms. The number of aliphatic imine (C=N–C) groups is 1. The van der Waals surface area contributed by atoms with Gasteiger partial charge in [0.05, 0.1) is 19.3 Å². The summed E-state index contributed by atoms with van der Waals surface area (Å²) >= 11 is 1.56. The zero-order valence-corrected chi connectivity index (χ0v) is 20.7. The first-order valence-corrected chi connectivity index (χ1v) is 12.4. The minimum absolute atomic E-state index is 0.160. The summed E-state index contributed by atoms with van der Waals surface area (Å²) in [5.41, 5.74) is 3.09. The Labute approximate surface area is 208 Å². The molecule has 1 aliphatic carbocycles. The average Bonchev–Trinajstić information content (AvgIpc) is 3.25. The number of hydrogen-bond acceptors (Lipinski definition) is 7. The molecular weight excluding hydrogens is 464 g/mol. The molecule has 1 N–H and O–H groups in total. The van der Waals surface area contributed by atoms with E-state index in [-0.39, 0.29) is 19.1 Å². The fraction of sp³-hybridized carbons (Fsp3) is 0.296. The number of esters is 1. The highest BCUT2D eigenvalue weighted by Gasteiger charge is 2.25. The van der Waals surface area contributed by atoms with Crippen LogP contribution >= 0.6 is 11.3 Å². The molecule has 35 heavy (non-hydrogen) atoms. The van der Waals surface area contributed by atoms with Crippen molar-refractivity contribution in [3.63, 3.8) is 0 Å². The van der Waals surface area contributed by atoms with Gasteiger partial charge in [-0.25, -0.2) is 9.79 Å².